The van der Waals surface area contributed by atoms with Gasteiger partial charge in [0.2, 0.25) is 11.7 Å². The maximum Gasteiger partial charge on any atom is 0.586 e. The van der Waals surface area contributed by atoms with Crippen molar-refractivity contribution in [2.24, 2.45) is 0 Å². The number of halogens is 2. The molecule has 1 aliphatic heterocycles. The van der Waals surface area contributed by atoms with Crippen LogP contribution in [-0.2, 0) is 4.79 Å². The molecule has 0 spiro atoms. The Balaban J connectivity index is 1.17. The van der Waals surface area contributed by atoms with Gasteiger partial charge in [-0.15, -0.1) is 8.78 Å². The molecule has 9 nitrogen and oxygen atoms in total. The molecule has 0 saturated carbocycles. The van der Waals surface area contributed by atoms with Crippen LogP contribution in [0.2, 0.25) is 0 Å². The van der Waals surface area contributed by atoms with Gasteiger partial charge in [-0.25, -0.2) is 4.98 Å². The number of rotatable bonds is 9. The van der Waals surface area contributed by atoms with Gasteiger partial charge in [-0.3, -0.25) is 9.59 Å². The van der Waals surface area contributed by atoms with Crippen LogP contribution in [-0.4, -0.2) is 36.2 Å². The van der Waals surface area contributed by atoms with E-state index >= 15 is 0 Å². The van der Waals surface area contributed by atoms with Gasteiger partial charge in [-0.05, 0) is 24.3 Å². The molecule has 3 aromatic rings. The van der Waals surface area contributed by atoms with Crippen molar-refractivity contribution in [2.45, 2.75) is 12.7 Å². The Morgan fingerprint density at radius 3 is 2.65 bits per heavy atom. The number of hydrogen-bond acceptors (Lipinski definition) is 7. The lowest BCUT2D eigenvalue weighted by Crippen LogP contribution is -2.31. The van der Waals surface area contributed by atoms with E-state index in [0.29, 0.717) is 11.6 Å². The third kappa shape index (κ3) is 5.68. The molecule has 11 heteroatoms. The first-order chi connectivity index (χ1) is 16.3. The van der Waals surface area contributed by atoms with E-state index in [1.807, 2.05) is 30.3 Å². The lowest BCUT2D eigenvalue weighted by molar-refractivity contribution is -0.286. The van der Waals surface area contributed by atoms with Crippen molar-refractivity contribution >= 4 is 11.8 Å². The fraction of sp³-hybridized carbons (Fsp3) is 0.174. The highest BCUT2D eigenvalue weighted by atomic mass is 19.3. The highest BCUT2D eigenvalue weighted by molar-refractivity contribution is 5.92. The second-order valence-corrected chi connectivity index (χ2v) is 7.12. The summed E-state index contributed by atoms with van der Waals surface area (Å²) in [4.78, 5) is 28.4. The summed E-state index contributed by atoms with van der Waals surface area (Å²) in [6, 6.07) is 13.0. The summed E-state index contributed by atoms with van der Waals surface area (Å²) in [5.74, 6) is -0.762. The van der Waals surface area contributed by atoms with E-state index in [2.05, 4.69) is 31.7 Å². The molecule has 2 N–H and O–H groups in total. The number of nitrogens with one attached hydrogen (secondary N) is 2. The Kier molecular flexibility index (Phi) is 6.44. The van der Waals surface area contributed by atoms with E-state index in [1.54, 1.807) is 0 Å². The molecule has 34 heavy (non-hydrogen) atoms. The highest BCUT2D eigenvalue weighted by Crippen LogP contribution is 2.42. The van der Waals surface area contributed by atoms with Gasteiger partial charge in [0.25, 0.3) is 11.8 Å². The number of ether oxygens (including phenoxy) is 3. The van der Waals surface area contributed by atoms with E-state index in [-0.39, 0.29) is 42.6 Å². The predicted octanol–water partition coefficient (Wildman–Crippen LogP) is 3.49. The van der Waals surface area contributed by atoms with Crippen LogP contribution < -0.4 is 24.8 Å². The second-order valence-electron chi connectivity index (χ2n) is 7.12. The van der Waals surface area contributed by atoms with Gasteiger partial charge in [0.15, 0.2) is 18.1 Å². The molecule has 0 atom stereocenters. The number of carbonyl (C=O) groups excluding carboxylic acids is 2. The van der Waals surface area contributed by atoms with E-state index in [9.17, 15) is 18.4 Å². The van der Waals surface area contributed by atoms with Crippen molar-refractivity contribution in [1.82, 2.24) is 15.6 Å². The summed E-state index contributed by atoms with van der Waals surface area (Å²) in [6.07, 6.45) is -2.15. The molecule has 176 valence electrons. The Morgan fingerprint density at radius 2 is 1.85 bits per heavy atom. The van der Waals surface area contributed by atoms with Crippen LogP contribution in [0.3, 0.4) is 0 Å². The first-order valence-corrected chi connectivity index (χ1v) is 10.1. The number of carbonyl (C=O) groups is 2. The minimum atomic E-state index is -3.73. The normalized spacial score (nSPS) is 13.2. The third-order valence-corrected chi connectivity index (χ3v) is 4.53. The van der Waals surface area contributed by atoms with E-state index < -0.39 is 18.1 Å². The summed E-state index contributed by atoms with van der Waals surface area (Å²) in [6.45, 7) is 3.59. The van der Waals surface area contributed by atoms with E-state index in [4.69, 9.17) is 9.15 Å². The van der Waals surface area contributed by atoms with Crippen molar-refractivity contribution in [3.8, 4) is 28.7 Å². The third-order valence-electron chi connectivity index (χ3n) is 4.53. The number of alkyl halides is 2. The number of fused-ring (bicyclic) bond motifs is 1. The zero-order chi connectivity index (χ0) is 24.1. The quantitative estimate of drug-likeness (QED) is 0.491. The van der Waals surface area contributed by atoms with Crippen molar-refractivity contribution < 1.29 is 37.0 Å². The van der Waals surface area contributed by atoms with Crippen molar-refractivity contribution in [2.75, 3.05) is 13.2 Å². The van der Waals surface area contributed by atoms with Gasteiger partial charge in [-0.2, -0.15) is 0 Å². The van der Waals surface area contributed by atoms with Crippen molar-refractivity contribution in [1.29, 1.82) is 0 Å². The molecule has 2 amide bonds. The smallest absolute Gasteiger partial charge is 0.484 e. The van der Waals surface area contributed by atoms with Gasteiger partial charge in [0.05, 0.1) is 6.20 Å². The van der Waals surface area contributed by atoms with Crippen LogP contribution >= 0.6 is 0 Å². The first kappa shape index (κ1) is 22.8. The average molecular weight is 471 g/mol. The number of amides is 2. The fourth-order valence-corrected chi connectivity index (χ4v) is 2.95. The van der Waals surface area contributed by atoms with E-state index in [0.717, 1.165) is 5.56 Å². The average Bonchev–Trinajstić information content (AvgIpc) is 3.41. The lowest BCUT2D eigenvalue weighted by atomic mass is 10.2. The highest BCUT2D eigenvalue weighted by Gasteiger charge is 2.43. The van der Waals surface area contributed by atoms with Crippen LogP contribution in [0.15, 0.2) is 71.4 Å². The number of hydrogen-bond donors (Lipinski definition) is 2. The number of aromatic nitrogens is 1. The summed E-state index contributed by atoms with van der Waals surface area (Å²) in [5, 5.41) is 5.19. The SMILES string of the molecule is C=C(CCNC(=O)COc1ccc2c(c1)OC(F)(F)O2)NC(=O)c1cnc(-c2ccccc2)o1. The molecular weight excluding hydrogens is 452 g/mol. The Labute approximate surface area is 192 Å². The Bertz CT molecular complexity index is 1210. The van der Waals surface area contributed by atoms with Crippen molar-refractivity contribution in [3.63, 3.8) is 0 Å². The number of benzene rings is 2. The van der Waals surface area contributed by atoms with Gasteiger partial charge in [0.1, 0.15) is 5.75 Å². The molecule has 4 rings (SSSR count). The summed E-state index contributed by atoms with van der Waals surface area (Å²) in [7, 11) is 0. The Hall–Kier alpha value is -4.41. The molecule has 0 fully saturated rings. The van der Waals surface area contributed by atoms with Crippen molar-refractivity contribution in [3.05, 3.63) is 72.8 Å². The molecule has 2 aromatic carbocycles. The summed E-state index contributed by atoms with van der Waals surface area (Å²) >= 11 is 0. The van der Waals surface area contributed by atoms with Crippen LogP contribution in [0.5, 0.6) is 17.2 Å². The van der Waals surface area contributed by atoms with Gasteiger partial charge in [-0.1, -0.05) is 24.8 Å². The standard InChI is InChI=1S/C23H19F2N3O6/c1-14(28-21(30)19-12-27-22(32-19)15-5-3-2-4-6-15)9-10-26-20(29)13-31-16-7-8-17-18(11-16)34-23(24,25)33-17/h2-8,11-12H,1,9-10,13H2,(H,26,29)(H,28,30). The van der Waals surface area contributed by atoms with Crippen LogP contribution in [0.4, 0.5) is 8.78 Å². The summed E-state index contributed by atoms with van der Waals surface area (Å²) in [5.41, 5.74) is 1.10. The maximum atomic E-state index is 13.0. The zero-order valence-electron chi connectivity index (χ0n) is 17.7. The zero-order valence-corrected chi connectivity index (χ0v) is 17.7. The number of nitrogens with zero attached hydrogens (tertiary/aromatic N) is 1. The van der Waals surface area contributed by atoms with Gasteiger partial charge in [0, 0.05) is 30.3 Å². The number of oxazole rings is 1. The molecule has 0 saturated heterocycles. The monoisotopic (exact) mass is 471 g/mol. The predicted molar refractivity (Wildman–Crippen MR) is 114 cm³/mol. The molecular formula is C23H19F2N3O6. The molecule has 1 aliphatic rings. The molecule has 0 radical (unpaired) electrons. The van der Waals surface area contributed by atoms with Crippen LogP contribution in [0.1, 0.15) is 17.0 Å². The molecule has 0 bridgehead atoms. The molecule has 2 heterocycles. The van der Waals surface area contributed by atoms with Gasteiger partial charge < -0.3 is 29.3 Å². The Morgan fingerprint density at radius 1 is 1.09 bits per heavy atom. The van der Waals surface area contributed by atoms with Gasteiger partial charge >= 0.3 is 6.29 Å². The first-order valence-electron chi connectivity index (χ1n) is 10.1. The lowest BCUT2D eigenvalue weighted by Gasteiger charge is -2.09. The minimum absolute atomic E-state index is 0.0268. The van der Waals surface area contributed by atoms with Crippen LogP contribution in [0, 0.1) is 0 Å². The maximum absolute atomic E-state index is 13.0. The van der Waals surface area contributed by atoms with Crippen LogP contribution in [0.25, 0.3) is 11.5 Å². The fourth-order valence-electron chi connectivity index (χ4n) is 2.95. The second kappa shape index (κ2) is 9.61. The van der Waals surface area contributed by atoms with E-state index in [1.165, 1.54) is 24.4 Å². The summed E-state index contributed by atoms with van der Waals surface area (Å²) < 4.78 is 45.5. The topological polar surface area (TPSA) is 112 Å². The largest absolute Gasteiger partial charge is 0.586 e. The molecule has 1 aromatic heterocycles. The molecule has 0 aliphatic carbocycles. The molecule has 0 unspecified atom stereocenters. The minimum Gasteiger partial charge on any atom is -0.484 e.